The molecule has 0 saturated carbocycles. The van der Waals surface area contributed by atoms with Gasteiger partial charge in [-0.1, -0.05) is 457 Å². The van der Waals surface area contributed by atoms with Crippen LogP contribution in [0.3, 0.4) is 0 Å². The topological polar surface area (TPSA) is 147 Å². The van der Waals surface area contributed by atoms with Crippen molar-refractivity contribution in [3.8, 4) is 0 Å². The summed E-state index contributed by atoms with van der Waals surface area (Å²) in [5.41, 5.74) is 12.7. The molecular formula is C106H168N4O8S2. The van der Waals surface area contributed by atoms with Gasteiger partial charge in [-0.2, -0.15) is 0 Å². The number of hydrogen-bond donors (Lipinski definition) is 0. The lowest BCUT2D eigenvalue weighted by Gasteiger charge is -2.25. The van der Waals surface area contributed by atoms with Crippen LogP contribution in [-0.2, 0) is 43.3 Å². The summed E-state index contributed by atoms with van der Waals surface area (Å²) in [5.74, 6) is 0. The van der Waals surface area contributed by atoms with Crippen LogP contribution in [0.15, 0.2) is 146 Å². The molecule has 14 heteroatoms. The zero-order chi connectivity index (χ0) is 86.7. The third kappa shape index (κ3) is 62.6. The van der Waals surface area contributed by atoms with Crippen LogP contribution >= 0.6 is 0 Å². The summed E-state index contributed by atoms with van der Waals surface area (Å²) in [5, 5.41) is 0. The molecule has 12 nitrogen and oxygen atoms in total. The Morgan fingerprint density at radius 3 is 0.500 bits per heavy atom. The Kier molecular flexibility index (Phi) is 66.4. The van der Waals surface area contributed by atoms with Crippen molar-refractivity contribution in [3.63, 3.8) is 0 Å². The first-order valence-electron chi connectivity index (χ1n) is 48.0. The number of aromatic nitrogens is 2. The summed E-state index contributed by atoms with van der Waals surface area (Å²) in [6, 6.07) is 44.9. The maximum Gasteiger partial charge on any atom is 0.217 e. The highest BCUT2D eigenvalue weighted by atomic mass is 32.3. The second kappa shape index (κ2) is 74.0. The SMILES string of the molecule is CCCCCCCCCCCCCCCCN(CCCCCCCCCCCCCCCC)c1ccc(/C=C/c2ccc(/C=C/c3cc[n+](C)cc3)cc2)cc1.CCCCCCCCCCCCCCN(CCCCCCCCCCCCCC)c1ccc(/C=C/c2ccc(/C=C/c3cc[n+](C)cc3)cc2)cc1.COS(=O)(=O)[O-].COS(=O)(=O)[O-]. The summed E-state index contributed by atoms with van der Waals surface area (Å²) in [7, 11) is -3.11. The molecule has 120 heavy (non-hydrogen) atoms. The molecule has 0 amide bonds. The van der Waals surface area contributed by atoms with E-state index in [4.69, 9.17) is 0 Å². The van der Waals surface area contributed by atoms with Gasteiger partial charge in [-0.3, -0.25) is 8.37 Å². The normalized spacial score (nSPS) is 11.7. The lowest BCUT2D eigenvalue weighted by molar-refractivity contribution is -0.671. The van der Waals surface area contributed by atoms with Gasteiger partial charge >= 0.3 is 0 Å². The Bertz CT molecular complexity index is 3600. The molecule has 0 N–H and O–H groups in total. The maximum atomic E-state index is 9.22. The molecule has 0 spiro atoms. The van der Waals surface area contributed by atoms with Crippen LogP contribution in [0.1, 0.15) is 406 Å². The number of hydrogen-bond acceptors (Lipinski definition) is 10. The van der Waals surface area contributed by atoms with Crippen LogP contribution in [0.2, 0.25) is 0 Å². The number of aryl methyl sites for hydroxylation is 2. The van der Waals surface area contributed by atoms with Gasteiger partial charge in [-0.05, 0) is 94.5 Å². The van der Waals surface area contributed by atoms with E-state index in [2.05, 4.69) is 250 Å². The van der Waals surface area contributed by atoms with Crippen LogP contribution in [0, 0.1) is 0 Å². The lowest BCUT2D eigenvalue weighted by Crippen LogP contribution is -2.25. The highest BCUT2D eigenvalue weighted by Crippen LogP contribution is 2.25. The smallest absolute Gasteiger partial charge is 0.217 e. The summed E-state index contributed by atoms with van der Waals surface area (Å²) in [6.07, 6.45) is 99.6. The van der Waals surface area contributed by atoms with Gasteiger partial charge in [-0.15, -0.1) is 0 Å². The molecule has 0 bridgehead atoms. The van der Waals surface area contributed by atoms with E-state index in [-0.39, 0.29) is 0 Å². The van der Waals surface area contributed by atoms with Gasteiger partial charge < -0.3 is 18.9 Å². The zero-order valence-electron chi connectivity index (χ0n) is 76.9. The van der Waals surface area contributed by atoms with Crippen LogP contribution in [0.4, 0.5) is 11.4 Å². The standard InChI is InChI=1S/C54H85N2.C50H77N2.2CH4O4S/c1-4-6-8-10-12-14-16-18-20-22-24-26-28-30-46-56(47-31-29-27-25-23-21-19-17-15-13-11-9-7-5-2)54-42-40-52(41-43-54)37-36-50-32-34-51(35-33-50)38-39-53-44-48-55(3)49-45-53;1-4-6-8-10-12-14-16-18-20-22-24-26-42-52(43-27-25-23-21-19-17-15-13-11-9-7-5-2)50-38-36-48(37-39-50)33-32-46-28-30-47(31-29-46)34-35-49-40-44-51(3)45-41-49;2*1-5-6(2,3)4/h32-45,48-49H,4-31,46-47H2,1-3H3;28-41,44-45H,4-27,42-43H2,1-3H3;2*1H3,(H,2,3,4)/q2*+1;;/p-2. The molecule has 4 aromatic carbocycles. The third-order valence-electron chi connectivity index (χ3n) is 22.8. The minimum Gasteiger partial charge on any atom is -0.726 e. The van der Waals surface area contributed by atoms with Crippen molar-refractivity contribution in [2.45, 2.75) is 362 Å². The van der Waals surface area contributed by atoms with Crippen LogP contribution in [0.5, 0.6) is 0 Å². The molecule has 0 atom stereocenters. The first-order chi connectivity index (χ1) is 58.5. The van der Waals surface area contributed by atoms with Crippen LogP contribution in [0.25, 0.3) is 48.6 Å². The number of anilines is 2. The molecule has 0 aliphatic carbocycles. The van der Waals surface area contributed by atoms with Gasteiger partial charge in [0.2, 0.25) is 20.8 Å². The number of unbranched alkanes of at least 4 members (excludes halogenated alkanes) is 48. The van der Waals surface area contributed by atoms with Gasteiger partial charge in [0, 0.05) is 61.8 Å². The summed E-state index contributed by atoms with van der Waals surface area (Å²) in [4.78, 5) is 5.37. The monoisotopic (exact) mass is 1690 g/mol. The quantitative estimate of drug-likeness (QED) is 0.0119. The van der Waals surface area contributed by atoms with E-state index in [0.717, 1.165) is 14.2 Å². The highest BCUT2D eigenvalue weighted by Gasteiger charge is 2.10. The Balaban J connectivity index is 0.000000545. The molecular weight excluding hydrogens is 1520 g/mol. The van der Waals surface area contributed by atoms with Gasteiger partial charge in [0.05, 0.1) is 14.2 Å². The molecule has 0 aliphatic heterocycles. The summed E-state index contributed by atoms with van der Waals surface area (Å²) in [6.45, 7) is 14.0. The average Bonchev–Trinajstić information content (AvgIpc) is 0.878. The van der Waals surface area contributed by atoms with Crippen LogP contribution < -0.4 is 18.9 Å². The van der Waals surface area contributed by atoms with Gasteiger partial charge in [-0.25, -0.2) is 26.0 Å². The van der Waals surface area contributed by atoms with E-state index >= 15 is 0 Å². The molecule has 0 radical (unpaired) electrons. The molecule has 6 aromatic rings. The molecule has 6 rings (SSSR count). The first-order valence-corrected chi connectivity index (χ1v) is 50.7. The van der Waals surface area contributed by atoms with E-state index in [1.54, 1.807) is 0 Å². The minimum absolute atomic E-state index is 0.808. The molecule has 0 unspecified atom stereocenters. The van der Waals surface area contributed by atoms with Crippen molar-refractivity contribution in [2.75, 3.05) is 50.2 Å². The number of benzene rings is 4. The van der Waals surface area contributed by atoms with Gasteiger partial charge in [0.1, 0.15) is 14.1 Å². The number of nitrogens with zero attached hydrogens (tertiary/aromatic N) is 4. The molecule has 0 saturated heterocycles. The van der Waals surface area contributed by atoms with Crippen molar-refractivity contribution in [1.29, 1.82) is 0 Å². The second-order valence-corrected chi connectivity index (χ2v) is 35.8. The Morgan fingerprint density at radius 1 is 0.233 bits per heavy atom. The Morgan fingerprint density at radius 2 is 0.358 bits per heavy atom. The van der Waals surface area contributed by atoms with Gasteiger partial charge in [0.25, 0.3) is 0 Å². The Hall–Kier alpha value is -6.52. The second-order valence-electron chi connectivity index (χ2n) is 33.5. The van der Waals surface area contributed by atoms with Crippen molar-refractivity contribution in [3.05, 3.63) is 191 Å². The van der Waals surface area contributed by atoms with E-state index in [9.17, 15) is 25.9 Å². The largest absolute Gasteiger partial charge is 0.726 e. The molecule has 0 fully saturated rings. The lowest BCUT2D eigenvalue weighted by atomic mass is 10.0. The van der Waals surface area contributed by atoms with Crippen molar-refractivity contribution < 1.29 is 43.4 Å². The molecule has 672 valence electrons. The summed E-state index contributed by atoms with van der Waals surface area (Å²) < 4.78 is 66.2. The third-order valence-corrected chi connectivity index (χ3v) is 23.6. The fourth-order valence-corrected chi connectivity index (χ4v) is 15.1. The zero-order valence-corrected chi connectivity index (χ0v) is 78.6. The van der Waals surface area contributed by atoms with E-state index in [1.165, 1.54) is 416 Å². The molecule has 2 aromatic heterocycles. The molecule has 0 aliphatic rings. The van der Waals surface area contributed by atoms with Crippen molar-refractivity contribution in [1.82, 2.24) is 0 Å². The van der Waals surface area contributed by atoms with Crippen molar-refractivity contribution in [2.24, 2.45) is 14.1 Å². The predicted molar refractivity (Wildman–Crippen MR) is 517 cm³/mol. The maximum absolute atomic E-state index is 9.22. The van der Waals surface area contributed by atoms with Crippen LogP contribution in [-0.4, -0.2) is 66.3 Å². The van der Waals surface area contributed by atoms with E-state index < -0.39 is 20.8 Å². The fourth-order valence-electron chi connectivity index (χ4n) is 15.1. The number of pyridine rings is 2. The van der Waals surface area contributed by atoms with Crippen molar-refractivity contribution >= 4 is 80.8 Å². The van der Waals surface area contributed by atoms with Gasteiger partial charge in [0.15, 0.2) is 24.8 Å². The molecule has 2 heterocycles. The fraction of sp³-hybridized carbons (Fsp3) is 0.604. The minimum atomic E-state index is -4.41. The van der Waals surface area contributed by atoms with E-state index in [0.29, 0.717) is 0 Å². The number of rotatable bonds is 68. The highest BCUT2D eigenvalue weighted by molar-refractivity contribution is 7.81. The summed E-state index contributed by atoms with van der Waals surface area (Å²) >= 11 is 0. The first kappa shape index (κ1) is 108. The average molecular weight is 1690 g/mol. The van der Waals surface area contributed by atoms with E-state index in [1.807, 2.05) is 14.1 Å². The Labute approximate surface area is 736 Å². The predicted octanol–water partition coefficient (Wildman–Crippen LogP) is 29.9.